The SMILES string of the molecule is CC(C)C(NC(=O)C1CCCCC1N)c1ccc(F)cc1. The monoisotopic (exact) mass is 292 g/mol. The predicted molar refractivity (Wildman–Crippen MR) is 82.1 cm³/mol. The van der Waals surface area contributed by atoms with E-state index >= 15 is 0 Å². The average Bonchev–Trinajstić information content (AvgIpc) is 2.46. The van der Waals surface area contributed by atoms with Gasteiger partial charge in [0.1, 0.15) is 5.82 Å². The zero-order chi connectivity index (χ0) is 15.4. The number of halogens is 1. The standard InChI is InChI=1S/C17H25FN2O/c1-11(2)16(12-7-9-13(18)10-8-12)20-17(21)14-5-3-4-6-15(14)19/h7-11,14-16H,3-6,19H2,1-2H3,(H,20,21). The molecule has 0 spiro atoms. The summed E-state index contributed by atoms with van der Waals surface area (Å²) in [6.45, 7) is 4.10. The normalized spacial score (nSPS) is 23.9. The van der Waals surface area contributed by atoms with Gasteiger partial charge in [-0.15, -0.1) is 0 Å². The van der Waals surface area contributed by atoms with Crippen molar-refractivity contribution in [1.29, 1.82) is 0 Å². The summed E-state index contributed by atoms with van der Waals surface area (Å²) in [6, 6.07) is 6.20. The van der Waals surface area contributed by atoms with Crippen LogP contribution in [0.15, 0.2) is 24.3 Å². The Morgan fingerprint density at radius 2 is 1.86 bits per heavy atom. The lowest BCUT2D eigenvalue weighted by atomic mass is 9.84. The summed E-state index contributed by atoms with van der Waals surface area (Å²) >= 11 is 0. The molecule has 2 rings (SSSR count). The van der Waals surface area contributed by atoms with Crippen LogP contribution in [0.2, 0.25) is 0 Å². The second kappa shape index (κ2) is 7.03. The fourth-order valence-corrected chi connectivity index (χ4v) is 3.05. The Morgan fingerprint density at radius 3 is 2.43 bits per heavy atom. The van der Waals surface area contributed by atoms with Gasteiger partial charge in [0.2, 0.25) is 5.91 Å². The van der Waals surface area contributed by atoms with Gasteiger partial charge in [0, 0.05) is 6.04 Å². The van der Waals surface area contributed by atoms with Crippen molar-refractivity contribution < 1.29 is 9.18 Å². The predicted octanol–water partition coefficient (Wildman–Crippen LogP) is 3.16. The minimum absolute atomic E-state index is 0.0326. The van der Waals surface area contributed by atoms with Crippen LogP contribution in [0, 0.1) is 17.7 Å². The van der Waals surface area contributed by atoms with Crippen LogP contribution < -0.4 is 11.1 Å². The number of hydrogen-bond acceptors (Lipinski definition) is 2. The molecule has 3 nitrogen and oxygen atoms in total. The lowest BCUT2D eigenvalue weighted by molar-refractivity contribution is -0.127. The Labute approximate surface area is 126 Å². The minimum Gasteiger partial charge on any atom is -0.349 e. The smallest absolute Gasteiger partial charge is 0.225 e. The molecule has 3 atom stereocenters. The summed E-state index contributed by atoms with van der Waals surface area (Å²) < 4.78 is 13.1. The van der Waals surface area contributed by atoms with Crippen LogP contribution in [0.25, 0.3) is 0 Å². The topological polar surface area (TPSA) is 55.1 Å². The number of nitrogens with two attached hydrogens (primary N) is 1. The van der Waals surface area contributed by atoms with Gasteiger partial charge in [0.05, 0.1) is 12.0 Å². The fraction of sp³-hybridized carbons (Fsp3) is 0.588. The molecule has 0 aliphatic heterocycles. The zero-order valence-corrected chi connectivity index (χ0v) is 12.8. The molecule has 0 saturated heterocycles. The summed E-state index contributed by atoms with van der Waals surface area (Å²) in [5, 5.41) is 3.11. The van der Waals surface area contributed by atoms with Gasteiger partial charge in [-0.1, -0.05) is 38.8 Å². The van der Waals surface area contributed by atoms with E-state index < -0.39 is 0 Å². The first kappa shape index (κ1) is 16.0. The molecule has 1 aliphatic rings. The number of carbonyl (C=O) groups is 1. The van der Waals surface area contributed by atoms with Crippen molar-refractivity contribution in [3.8, 4) is 0 Å². The van der Waals surface area contributed by atoms with Crippen molar-refractivity contribution in [1.82, 2.24) is 5.32 Å². The van der Waals surface area contributed by atoms with Gasteiger partial charge in [-0.3, -0.25) is 4.79 Å². The lowest BCUT2D eigenvalue weighted by Gasteiger charge is -2.31. The summed E-state index contributed by atoms with van der Waals surface area (Å²) in [7, 11) is 0. The van der Waals surface area contributed by atoms with Crippen molar-refractivity contribution in [2.24, 2.45) is 17.6 Å². The van der Waals surface area contributed by atoms with Crippen molar-refractivity contribution in [3.63, 3.8) is 0 Å². The van der Waals surface area contributed by atoms with Gasteiger partial charge in [-0.25, -0.2) is 4.39 Å². The van der Waals surface area contributed by atoms with Crippen LogP contribution in [0.5, 0.6) is 0 Å². The maximum atomic E-state index is 13.1. The highest BCUT2D eigenvalue weighted by Crippen LogP contribution is 2.26. The van der Waals surface area contributed by atoms with E-state index in [1.54, 1.807) is 12.1 Å². The minimum atomic E-state index is -0.262. The van der Waals surface area contributed by atoms with Gasteiger partial charge in [-0.05, 0) is 36.5 Å². The van der Waals surface area contributed by atoms with E-state index in [2.05, 4.69) is 19.2 Å². The van der Waals surface area contributed by atoms with Gasteiger partial charge >= 0.3 is 0 Å². The first-order chi connectivity index (χ1) is 9.99. The molecule has 0 heterocycles. The first-order valence-electron chi connectivity index (χ1n) is 7.80. The number of hydrogen-bond donors (Lipinski definition) is 2. The highest BCUT2D eigenvalue weighted by molar-refractivity contribution is 5.80. The first-order valence-corrected chi connectivity index (χ1v) is 7.80. The van der Waals surface area contributed by atoms with E-state index in [0.29, 0.717) is 0 Å². The number of carbonyl (C=O) groups excluding carboxylic acids is 1. The van der Waals surface area contributed by atoms with Crippen molar-refractivity contribution >= 4 is 5.91 Å². The van der Waals surface area contributed by atoms with Crippen LogP contribution in [0.4, 0.5) is 4.39 Å². The molecule has 0 bridgehead atoms. The average molecular weight is 292 g/mol. The van der Waals surface area contributed by atoms with Crippen LogP contribution in [0.3, 0.4) is 0 Å². The Bertz CT molecular complexity index is 472. The maximum Gasteiger partial charge on any atom is 0.225 e. The van der Waals surface area contributed by atoms with Gasteiger partial charge in [-0.2, -0.15) is 0 Å². The van der Waals surface area contributed by atoms with Crippen molar-refractivity contribution in [2.75, 3.05) is 0 Å². The highest BCUT2D eigenvalue weighted by Gasteiger charge is 2.30. The summed E-state index contributed by atoms with van der Waals surface area (Å²) in [5.41, 5.74) is 7.01. The number of amides is 1. The second-order valence-electron chi connectivity index (χ2n) is 6.34. The summed E-state index contributed by atoms with van der Waals surface area (Å²) in [6.07, 6.45) is 3.95. The van der Waals surface area contributed by atoms with E-state index in [1.807, 2.05) is 0 Å². The number of rotatable bonds is 4. The van der Waals surface area contributed by atoms with Crippen molar-refractivity contribution in [2.45, 2.75) is 51.6 Å². The Hall–Kier alpha value is -1.42. The van der Waals surface area contributed by atoms with Crippen LogP contribution in [-0.4, -0.2) is 11.9 Å². The van der Waals surface area contributed by atoms with E-state index in [-0.39, 0.29) is 35.6 Å². The van der Waals surface area contributed by atoms with E-state index in [0.717, 1.165) is 31.2 Å². The molecule has 1 fully saturated rings. The molecular formula is C17H25FN2O. The Morgan fingerprint density at radius 1 is 1.24 bits per heavy atom. The van der Waals surface area contributed by atoms with Crippen molar-refractivity contribution in [3.05, 3.63) is 35.6 Å². The molecule has 1 saturated carbocycles. The molecule has 4 heteroatoms. The molecular weight excluding hydrogens is 267 g/mol. The van der Waals surface area contributed by atoms with Gasteiger partial charge in [0.25, 0.3) is 0 Å². The molecule has 1 amide bonds. The Kier molecular flexibility index (Phi) is 5.34. The quantitative estimate of drug-likeness (QED) is 0.895. The third kappa shape index (κ3) is 4.03. The maximum absolute atomic E-state index is 13.1. The number of nitrogens with one attached hydrogen (secondary N) is 1. The lowest BCUT2D eigenvalue weighted by Crippen LogP contribution is -2.45. The summed E-state index contributed by atoms with van der Waals surface area (Å²) in [4.78, 5) is 12.5. The molecule has 1 aromatic carbocycles. The Balaban J connectivity index is 2.09. The second-order valence-corrected chi connectivity index (χ2v) is 6.34. The van der Waals surface area contributed by atoms with Gasteiger partial charge in [0.15, 0.2) is 0 Å². The molecule has 1 aliphatic carbocycles. The van der Waals surface area contributed by atoms with Crippen LogP contribution in [-0.2, 0) is 4.79 Å². The molecule has 3 N–H and O–H groups in total. The van der Waals surface area contributed by atoms with E-state index in [1.165, 1.54) is 12.1 Å². The molecule has 3 unspecified atom stereocenters. The van der Waals surface area contributed by atoms with Gasteiger partial charge < -0.3 is 11.1 Å². The molecule has 21 heavy (non-hydrogen) atoms. The molecule has 0 radical (unpaired) electrons. The summed E-state index contributed by atoms with van der Waals surface area (Å²) in [5.74, 6) is -0.0909. The molecule has 116 valence electrons. The molecule has 0 aromatic heterocycles. The largest absolute Gasteiger partial charge is 0.349 e. The van der Waals surface area contributed by atoms with Crippen LogP contribution >= 0.6 is 0 Å². The highest BCUT2D eigenvalue weighted by atomic mass is 19.1. The number of benzene rings is 1. The fourth-order valence-electron chi connectivity index (χ4n) is 3.05. The van der Waals surface area contributed by atoms with E-state index in [9.17, 15) is 9.18 Å². The zero-order valence-electron chi connectivity index (χ0n) is 12.8. The van der Waals surface area contributed by atoms with E-state index in [4.69, 9.17) is 5.73 Å². The molecule has 1 aromatic rings. The third-order valence-electron chi connectivity index (χ3n) is 4.35. The third-order valence-corrected chi connectivity index (χ3v) is 4.35. The van der Waals surface area contributed by atoms with Crippen LogP contribution in [0.1, 0.15) is 51.1 Å².